The summed E-state index contributed by atoms with van der Waals surface area (Å²) in [4.78, 5) is 18.3. The number of ether oxygens (including phenoxy) is 1. The van der Waals surface area contributed by atoms with Crippen molar-refractivity contribution in [2.24, 2.45) is 5.14 Å². The summed E-state index contributed by atoms with van der Waals surface area (Å²) in [6, 6.07) is 18.2. The molecule has 1 aliphatic rings. The number of pyridine rings is 1. The first-order valence-electron chi connectivity index (χ1n) is 9.64. The summed E-state index contributed by atoms with van der Waals surface area (Å²) in [7, 11) is 2.40. The summed E-state index contributed by atoms with van der Waals surface area (Å²) in [6.45, 7) is 0.586. The molecule has 1 aliphatic heterocycles. The van der Waals surface area contributed by atoms with Gasteiger partial charge in [0.25, 0.3) is 5.91 Å². The Morgan fingerprint density at radius 2 is 2.03 bits per heavy atom. The first kappa shape index (κ1) is 20.6. The number of carbonyl (C=O) groups excluding carboxylic acids is 1. The van der Waals surface area contributed by atoms with Gasteiger partial charge in [-0.15, -0.1) is 0 Å². The van der Waals surface area contributed by atoms with Crippen molar-refractivity contribution >= 4 is 32.7 Å². The molecule has 1 aromatic heterocycles. The topological polar surface area (TPSA) is 89.3 Å². The minimum absolute atomic E-state index is 0.183. The third kappa shape index (κ3) is 4.72. The van der Waals surface area contributed by atoms with Gasteiger partial charge in [-0.3, -0.25) is 9.93 Å². The number of nitrogens with zero attached hydrogens (tertiary/aromatic N) is 1. The minimum Gasteiger partial charge on any atom is -0.480 e. The van der Waals surface area contributed by atoms with Crippen molar-refractivity contribution in [1.82, 2.24) is 10.3 Å². The van der Waals surface area contributed by atoms with E-state index in [0.29, 0.717) is 18.0 Å². The number of thiol groups is 1. The maximum atomic E-state index is 12.8. The number of methoxy groups -OCH3 is 1. The molecule has 0 bridgehead atoms. The fourth-order valence-corrected chi connectivity index (χ4v) is 5.97. The molecular formula is C22H24N4O2S2. The lowest BCUT2D eigenvalue weighted by Gasteiger charge is -2.11. The zero-order valence-electron chi connectivity index (χ0n) is 16.6. The van der Waals surface area contributed by atoms with Gasteiger partial charge in [-0.25, -0.2) is 4.98 Å². The highest BCUT2D eigenvalue weighted by molar-refractivity contribution is 8.85. The van der Waals surface area contributed by atoms with E-state index in [4.69, 9.17) is 9.88 Å². The van der Waals surface area contributed by atoms with Gasteiger partial charge in [-0.05, 0) is 53.0 Å². The number of hydrogen-bond donors (Lipinski definition) is 4. The molecule has 4 N–H and O–H groups in total. The highest BCUT2D eigenvalue weighted by atomic mass is 33.1. The molecule has 6 nitrogen and oxygen atoms in total. The van der Waals surface area contributed by atoms with Crippen LogP contribution in [0.5, 0.6) is 5.88 Å². The lowest BCUT2D eigenvalue weighted by Crippen LogP contribution is -2.25. The smallest absolute Gasteiger partial charge is 0.256 e. The van der Waals surface area contributed by atoms with Gasteiger partial charge in [0.1, 0.15) is 5.56 Å². The summed E-state index contributed by atoms with van der Waals surface area (Å²) in [6.07, 6.45) is 3.51. The molecule has 0 saturated carbocycles. The third-order valence-electron chi connectivity index (χ3n) is 4.80. The van der Waals surface area contributed by atoms with Gasteiger partial charge in [0.2, 0.25) is 5.88 Å². The average Bonchev–Trinajstić information content (AvgIpc) is 3.16. The Kier molecular flexibility index (Phi) is 6.47. The number of aryl methyl sites for hydroxylation is 1. The van der Waals surface area contributed by atoms with Crippen molar-refractivity contribution in [3.05, 3.63) is 71.9 Å². The first-order chi connectivity index (χ1) is 14.6. The predicted octanol–water partition coefficient (Wildman–Crippen LogP) is 4.34. The second-order valence-electron chi connectivity index (χ2n) is 6.87. The number of benzene rings is 2. The highest BCUT2D eigenvalue weighted by Gasteiger charge is 2.18. The van der Waals surface area contributed by atoms with E-state index in [-0.39, 0.29) is 5.91 Å². The van der Waals surface area contributed by atoms with E-state index in [2.05, 4.69) is 33.2 Å². The molecule has 3 aromatic rings. The number of amides is 1. The van der Waals surface area contributed by atoms with Crippen LogP contribution in [0.15, 0.2) is 65.7 Å². The lowest BCUT2D eigenvalue weighted by molar-refractivity contribution is 0.0949. The Bertz CT molecular complexity index is 1050. The van der Waals surface area contributed by atoms with Gasteiger partial charge in [-0.1, -0.05) is 46.7 Å². The second kappa shape index (κ2) is 9.42. The molecule has 0 saturated heterocycles. The van der Waals surface area contributed by atoms with E-state index in [0.717, 1.165) is 34.6 Å². The molecule has 2 heterocycles. The zero-order valence-corrected chi connectivity index (χ0v) is 18.3. The summed E-state index contributed by atoms with van der Waals surface area (Å²) < 4.78 is 8.59. The van der Waals surface area contributed by atoms with Crippen molar-refractivity contribution < 1.29 is 9.53 Å². The molecule has 0 spiro atoms. The Hall–Kier alpha value is -2.68. The zero-order chi connectivity index (χ0) is 20.9. The molecule has 1 unspecified atom stereocenters. The predicted molar refractivity (Wildman–Crippen MR) is 126 cm³/mol. The van der Waals surface area contributed by atoms with E-state index < -0.39 is 10.3 Å². The first-order valence-corrected chi connectivity index (χ1v) is 12.5. The molecule has 30 heavy (non-hydrogen) atoms. The lowest BCUT2D eigenvalue weighted by atomic mass is 10.0. The van der Waals surface area contributed by atoms with Crippen LogP contribution >= 0.6 is 21.1 Å². The van der Waals surface area contributed by atoms with Gasteiger partial charge in [0.15, 0.2) is 0 Å². The standard InChI is InChI=1S/C22H24N4O2S2/c1-28-22-18(21(27)24-11-5-8-15-6-3-2-4-7-15)12-17(14-25-22)16-9-10-19-20(13-16)29-30(23)26-19/h2-4,6-7,9-10,12-14,26,30H,5,8,11,23H2,1H3,(H,24,27). The molecular weight excluding hydrogens is 416 g/mol. The van der Waals surface area contributed by atoms with Crippen molar-refractivity contribution in [2.45, 2.75) is 17.7 Å². The minimum atomic E-state index is -0.756. The maximum absolute atomic E-state index is 12.8. The molecule has 1 atom stereocenters. The van der Waals surface area contributed by atoms with Gasteiger partial charge in [-0.2, -0.15) is 0 Å². The molecule has 8 heteroatoms. The quantitative estimate of drug-likeness (QED) is 0.248. The van der Waals surface area contributed by atoms with Gasteiger partial charge < -0.3 is 14.8 Å². The van der Waals surface area contributed by atoms with Crippen LogP contribution in [0.25, 0.3) is 11.1 Å². The SMILES string of the molecule is COc1ncc(-c2ccc3c(c2)S[SH](N)N3)cc1C(=O)NCCCc1ccccc1. The number of nitrogens with two attached hydrogens (primary N) is 1. The van der Waals surface area contributed by atoms with Crippen molar-refractivity contribution in [3.8, 4) is 17.0 Å². The van der Waals surface area contributed by atoms with Crippen LogP contribution in [-0.2, 0) is 6.42 Å². The Balaban J connectivity index is 1.46. The van der Waals surface area contributed by atoms with E-state index in [1.54, 1.807) is 17.0 Å². The monoisotopic (exact) mass is 440 g/mol. The van der Waals surface area contributed by atoms with Gasteiger partial charge in [0, 0.05) is 23.2 Å². The van der Waals surface area contributed by atoms with Crippen LogP contribution in [0.1, 0.15) is 22.3 Å². The van der Waals surface area contributed by atoms with Gasteiger partial charge >= 0.3 is 0 Å². The van der Waals surface area contributed by atoms with E-state index >= 15 is 0 Å². The van der Waals surface area contributed by atoms with E-state index in [1.807, 2.05) is 36.4 Å². The normalized spacial score (nSPS) is 15.9. The number of nitrogens with one attached hydrogen (secondary N) is 2. The number of hydrogen-bond acceptors (Lipinski definition) is 6. The second-order valence-corrected chi connectivity index (χ2v) is 10.1. The van der Waals surface area contributed by atoms with Crippen LogP contribution in [0, 0.1) is 0 Å². The number of aromatic nitrogens is 1. The summed E-state index contributed by atoms with van der Waals surface area (Å²) in [5.41, 5.74) is 4.60. The largest absolute Gasteiger partial charge is 0.480 e. The molecule has 0 fully saturated rings. The van der Waals surface area contributed by atoms with Crippen LogP contribution in [0.3, 0.4) is 0 Å². The molecule has 156 valence electrons. The molecule has 1 amide bonds. The van der Waals surface area contributed by atoms with Crippen LogP contribution in [-0.4, -0.2) is 24.5 Å². The average molecular weight is 441 g/mol. The van der Waals surface area contributed by atoms with Crippen LogP contribution < -0.4 is 19.9 Å². The molecule has 0 aliphatic carbocycles. The number of fused-ring (bicyclic) bond motifs is 1. The van der Waals surface area contributed by atoms with Crippen molar-refractivity contribution in [2.75, 3.05) is 18.4 Å². The van der Waals surface area contributed by atoms with E-state index in [1.165, 1.54) is 12.7 Å². The van der Waals surface area contributed by atoms with Gasteiger partial charge in [0.05, 0.1) is 12.8 Å². The fraction of sp³-hybridized carbons (Fsp3) is 0.182. The third-order valence-corrected chi connectivity index (χ3v) is 7.45. The number of carbonyl (C=O) groups is 1. The number of anilines is 1. The Morgan fingerprint density at radius 3 is 2.83 bits per heavy atom. The highest BCUT2D eigenvalue weighted by Crippen LogP contribution is 2.51. The van der Waals surface area contributed by atoms with Crippen LogP contribution in [0.2, 0.25) is 0 Å². The van der Waals surface area contributed by atoms with Crippen molar-refractivity contribution in [3.63, 3.8) is 0 Å². The van der Waals surface area contributed by atoms with Crippen molar-refractivity contribution in [1.29, 1.82) is 0 Å². The summed E-state index contributed by atoms with van der Waals surface area (Å²) in [5, 5.41) is 8.99. The van der Waals surface area contributed by atoms with E-state index in [9.17, 15) is 4.79 Å². The number of rotatable bonds is 7. The maximum Gasteiger partial charge on any atom is 0.256 e. The van der Waals surface area contributed by atoms with Crippen LogP contribution in [0.4, 0.5) is 5.69 Å². The molecule has 0 radical (unpaired) electrons. The Morgan fingerprint density at radius 1 is 1.20 bits per heavy atom. The Labute approximate surface area is 182 Å². The fourth-order valence-electron chi connectivity index (χ4n) is 3.29. The summed E-state index contributed by atoms with van der Waals surface area (Å²) >= 11 is 0. The molecule has 4 rings (SSSR count). The molecule has 2 aromatic carbocycles. The summed E-state index contributed by atoms with van der Waals surface area (Å²) in [5.74, 6) is 0.138.